The van der Waals surface area contributed by atoms with E-state index in [4.69, 9.17) is 0 Å². The number of nitrogens with one attached hydrogen (secondary N) is 2. The lowest BCUT2D eigenvalue weighted by Crippen LogP contribution is -2.38. The number of hydrogen-bond acceptors (Lipinski definition) is 4. The third-order valence-electron chi connectivity index (χ3n) is 3.03. The van der Waals surface area contributed by atoms with Crippen molar-refractivity contribution in [3.63, 3.8) is 0 Å². The summed E-state index contributed by atoms with van der Waals surface area (Å²) in [5.41, 5.74) is 1.17. The lowest BCUT2D eigenvalue weighted by Gasteiger charge is -2.11. The van der Waals surface area contributed by atoms with Gasteiger partial charge in [-0.15, -0.1) is 35.3 Å². The van der Waals surface area contributed by atoms with E-state index in [1.807, 2.05) is 18.8 Å². The van der Waals surface area contributed by atoms with E-state index in [2.05, 4.69) is 46.1 Å². The third kappa shape index (κ3) is 9.19. The van der Waals surface area contributed by atoms with E-state index in [1.165, 1.54) is 29.3 Å². The lowest BCUT2D eigenvalue weighted by molar-refractivity contribution is 0.727. The summed E-state index contributed by atoms with van der Waals surface area (Å²) in [5, 5.41) is 10.1. The molecule has 1 heterocycles. The summed E-state index contributed by atoms with van der Waals surface area (Å²) in [6.07, 6.45) is 5.53. The van der Waals surface area contributed by atoms with Crippen LogP contribution in [0.25, 0.3) is 0 Å². The van der Waals surface area contributed by atoms with Gasteiger partial charge in [-0.25, -0.2) is 4.98 Å². The number of thioether (sulfide) groups is 1. The zero-order valence-electron chi connectivity index (χ0n) is 14.0. The Labute approximate surface area is 160 Å². The third-order valence-corrected chi connectivity index (χ3v) is 4.92. The van der Waals surface area contributed by atoms with Crippen LogP contribution in [0, 0.1) is 0 Å². The van der Waals surface area contributed by atoms with E-state index in [1.54, 1.807) is 11.3 Å². The van der Waals surface area contributed by atoms with Gasteiger partial charge in [-0.3, -0.25) is 4.99 Å². The summed E-state index contributed by atoms with van der Waals surface area (Å²) in [6.45, 7) is 6.22. The van der Waals surface area contributed by atoms with Crippen molar-refractivity contribution in [3.8, 4) is 0 Å². The molecule has 0 amide bonds. The molecule has 0 spiro atoms. The Morgan fingerprint density at radius 2 is 2.05 bits per heavy atom. The smallest absolute Gasteiger partial charge is 0.190 e. The predicted octanol–water partition coefficient (Wildman–Crippen LogP) is 3.74. The summed E-state index contributed by atoms with van der Waals surface area (Å²) in [5.74, 6) is 2.64. The monoisotopic (exact) mass is 456 g/mol. The van der Waals surface area contributed by atoms with Crippen LogP contribution in [0.5, 0.6) is 0 Å². The minimum absolute atomic E-state index is 0. The molecule has 0 bridgehead atoms. The second-order valence-corrected chi connectivity index (χ2v) is 7.08. The Morgan fingerprint density at radius 3 is 2.64 bits per heavy atom. The van der Waals surface area contributed by atoms with Crippen LogP contribution in [-0.2, 0) is 6.42 Å². The average Bonchev–Trinajstić information content (AvgIpc) is 2.94. The van der Waals surface area contributed by atoms with E-state index in [9.17, 15) is 0 Å². The van der Waals surface area contributed by atoms with Gasteiger partial charge in [-0.1, -0.05) is 13.8 Å². The summed E-state index contributed by atoms with van der Waals surface area (Å²) in [4.78, 5) is 8.89. The molecular weight excluding hydrogens is 427 g/mol. The SMILES string of the molecule is CN=C(NCCCCSC)NCCc1csc(C(C)C)n1.I. The van der Waals surface area contributed by atoms with E-state index in [-0.39, 0.29) is 24.0 Å². The average molecular weight is 456 g/mol. The standard InChI is InChI=1S/C15H28N4S2.HI/c1-12(2)14-19-13(11-21-14)7-9-18-15(16-3)17-8-5-6-10-20-4;/h11-12H,5-10H2,1-4H3,(H2,16,17,18);1H. The van der Waals surface area contributed by atoms with Gasteiger partial charge in [0.25, 0.3) is 0 Å². The first-order valence-corrected chi connectivity index (χ1v) is 9.82. The van der Waals surface area contributed by atoms with Crippen LogP contribution in [0.1, 0.15) is 43.3 Å². The van der Waals surface area contributed by atoms with Gasteiger partial charge < -0.3 is 10.6 Å². The van der Waals surface area contributed by atoms with Gasteiger partial charge in [0.15, 0.2) is 5.96 Å². The molecule has 0 aromatic carbocycles. The molecule has 0 unspecified atom stereocenters. The van der Waals surface area contributed by atoms with Crippen LogP contribution in [0.15, 0.2) is 10.4 Å². The van der Waals surface area contributed by atoms with Crippen LogP contribution in [0.3, 0.4) is 0 Å². The zero-order valence-corrected chi connectivity index (χ0v) is 18.0. The molecule has 128 valence electrons. The first kappa shape index (κ1) is 22.0. The van der Waals surface area contributed by atoms with Gasteiger partial charge in [0.1, 0.15) is 0 Å². The molecule has 0 radical (unpaired) electrons. The van der Waals surface area contributed by atoms with Crippen molar-refractivity contribution in [3.05, 3.63) is 16.1 Å². The molecule has 0 aliphatic rings. The van der Waals surface area contributed by atoms with Crippen molar-refractivity contribution in [2.45, 2.75) is 39.0 Å². The number of thiazole rings is 1. The number of unbranched alkanes of at least 4 members (excludes halogenated alkanes) is 1. The van der Waals surface area contributed by atoms with E-state index in [0.717, 1.165) is 25.5 Å². The van der Waals surface area contributed by atoms with Crippen LogP contribution >= 0.6 is 47.1 Å². The molecule has 22 heavy (non-hydrogen) atoms. The maximum Gasteiger partial charge on any atom is 0.190 e. The molecule has 1 rings (SSSR count). The summed E-state index contributed by atoms with van der Waals surface area (Å²) >= 11 is 3.66. The van der Waals surface area contributed by atoms with Gasteiger partial charge in [-0.2, -0.15) is 11.8 Å². The Kier molecular flexibility index (Phi) is 13.4. The molecule has 1 aromatic rings. The Hall–Kier alpha value is -0.0200. The van der Waals surface area contributed by atoms with Gasteiger partial charge in [-0.05, 0) is 24.9 Å². The van der Waals surface area contributed by atoms with Crippen LogP contribution in [-0.4, -0.2) is 43.1 Å². The van der Waals surface area contributed by atoms with Gasteiger partial charge in [0, 0.05) is 37.9 Å². The minimum Gasteiger partial charge on any atom is -0.356 e. The molecule has 2 N–H and O–H groups in total. The Bertz CT molecular complexity index is 421. The largest absolute Gasteiger partial charge is 0.356 e. The molecule has 0 saturated carbocycles. The maximum atomic E-state index is 4.64. The first-order chi connectivity index (χ1) is 10.2. The summed E-state index contributed by atoms with van der Waals surface area (Å²) in [6, 6.07) is 0. The maximum absolute atomic E-state index is 4.64. The molecular formula is C15H29IN4S2. The molecule has 0 atom stereocenters. The quantitative estimate of drug-likeness (QED) is 0.257. The van der Waals surface area contributed by atoms with Gasteiger partial charge in [0.05, 0.1) is 10.7 Å². The van der Waals surface area contributed by atoms with Crippen molar-refractivity contribution in [2.75, 3.05) is 32.1 Å². The fourth-order valence-corrected chi connectivity index (χ4v) is 3.17. The lowest BCUT2D eigenvalue weighted by atomic mass is 10.2. The number of halogens is 1. The minimum atomic E-state index is 0. The topological polar surface area (TPSA) is 49.3 Å². The second kappa shape index (κ2) is 13.4. The highest BCUT2D eigenvalue weighted by Crippen LogP contribution is 2.19. The van der Waals surface area contributed by atoms with E-state index in [0.29, 0.717) is 5.92 Å². The summed E-state index contributed by atoms with van der Waals surface area (Å²) < 4.78 is 0. The second-order valence-electron chi connectivity index (χ2n) is 5.21. The van der Waals surface area contributed by atoms with Gasteiger partial charge >= 0.3 is 0 Å². The molecule has 1 aromatic heterocycles. The van der Waals surface area contributed by atoms with Crippen LogP contribution in [0.4, 0.5) is 0 Å². The predicted molar refractivity (Wildman–Crippen MR) is 112 cm³/mol. The van der Waals surface area contributed by atoms with E-state index < -0.39 is 0 Å². The normalized spacial score (nSPS) is 11.4. The van der Waals surface area contributed by atoms with Crippen molar-refractivity contribution < 1.29 is 0 Å². The number of nitrogens with zero attached hydrogens (tertiary/aromatic N) is 2. The Morgan fingerprint density at radius 1 is 1.32 bits per heavy atom. The highest BCUT2D eigenvalue weighted by atomic mass is 127. The Balaban J connectivity index is 0.00000441. The molecule has 0 aliphatic carbocycles. The van der Waals surface area contributed by atoms with Crippen molar-refractivity contribution >= 4 is 53.0 Å². The fraction of sp³-hybridized carbons (Fsp3) is 0.733. The van der Waals surface area contributed by atoms with Crippen molar-refractivity contribution in [1.29, 1.82) is 0 Å². The zero-order chi connectivity index (χ0) is 15.5. The van der Waals surface area contributed by atoms with Crippen molar-refractivity contribution in [1.82, 2.24) is 15.6 Å². The van der Waals surface area contributed by atoms with Gasteiger partial charge in [0.2, 0.25) is 0 Å². The number of rotatable bonds is 9. The molecule has 4 nitrogen and oxygen atoms in total. The molecule has 0 aliphatic heterocycles. The van der Waals surface area contributed by atoms with E-state index >= 15 is 0 Å². The first-order valence-electron chi connectivity index (χ1n) is 7.55. The summed E-state index contributed by atoms with van der Waals surface area (Å²) in [7, 11) is 1.82. The molecule has 0 fully saturated rings. The van der Waals surface area contributed by atoms with Crippen LogP contribution in [0.2, 0.25) is 0 Å². The highest BCUT2D eigenvalue weighted by molar-refractivity contribution is 14.0. The number of hydrogen-bond donors (Lipinski definition) is 2. The fourth-order valence-electron chi connectivity index (χ4n) is 1.81. The van der Waals surface area contributed by atoms with Crippen molar-refractivity contribution in [2.24, 2.45) is 4.99 Å². The number of guanidine groups is 1. The highest BCUT2D eigenvalue weighted by Gasteiger charge is 2.05. The van der Waals surface area contributed by atoms with Crippen LogP contribution < -0.4 is 10.6 Å². The molecule has 7 heteroatoms. The molecule has 0 saturated heterocycles. The number of aromatic nitrogens is 1. The number of aliphatic imine (C=N–C) groups is 1.